The van der Waals surface area contributed by atoms with Crippen LogP contribution in [0.3, 0.4) is 0 Å². The van der Waals surface area contributed by atoms with Crippen molar-refractivity contribution in [2.75, 3.05) is 13.7 Å². The molecule has 0 spiro atoms. The van der Waals surface area contributed by atoms with Gasteiger partial charge in [0, 0.05) is 11.8 Å². The average Bonchev–Trinajstić information content (AvgIpc) is 2.64. The van der Waals surface area contributed by atoms with E-state index in [1.54, 1.807) is 24.4 Å². The van der Waals surface area contributed by atoms with E-state index in [4.69, 9.17) is 31.3 Å². The van der Waals surface area contributed by atoms with Gasteiger partial charge in [-0.2, -0.15) is 0 Å². The van der Waals surface area contributed by atoms with Crippen LogP contribution in [0.4, 0.5) is 5.69 Å². The zero-order chi connectivity index (χ0) is 20.7. The SMILES string of the molecule is C=CCc1cc(C=Nc2ccc(C(=O)O)c(Cl)c2)cc(OC)c1OCC(=O)O. The largest absolute Gasteiger partial charge is 0.493 e. The lowest BCUT2D eigenvalue weighted by Gasteiger charge is -2.14. The molecule has 0 unspecified atom stereocenters. The fourth-order valence-corrected chi connectivity index (χ4v) is 2.68. The van der Waals surface area contributed by atoms with Crippen molar-refractivity contribution in [3.05, 3.63) is 64.7 Å². The summed E-state index contributed by atoms with van der Waals surface area (Å²) < 4.78 is 10.7. The molecule has 2 aromatic carbocycles. The van der Waals surface area contributed by atoms with Gasteiger partial charge in [-0.3, -0.25) is 4.99 Å². The monoisotopic (exact) mass is 403 g/mol. The number of hydrogen-bond donors (Lipinski definition) is 2. The summed E-state index contributed by atoms with van der Waals surface area (Å²) in [7, 11) is 1.45. The van der Waals surface area contributed by atoms with Crippen LogP contribution in [0, 0.1) is 0 Å². The highest BCUT2D eigenvalue weighted by atomic mass is 35.5. The number of carboxylic acids is 2. The van der Waals surface area contributed by atoms with Crippen LogP contribution in [0.2, 0.25) is 5.02 Å². The Morgan fingerprint density at radius 3 is 2.57 bits per heavy atom. The van der Waals surface area contributed by atoms with Crippen molar-refractivity contribution >= 4 is 35.4 Å². The molecule has 0 saturated heterocycles. The van der Waals surface area contributed by atoms with Gasteiger partial charge >= 0.3 is 11.9 Å². The van der Waals surface area contributed by atoms with Crippen molar-refractivity contribution < 1.29 is 29.3 Å². The van der Waals surface area contributed by atoms with E-state index in [0.717, 1.165) is 0 Å². The van der Waals surface area contributed by atoms with Crippen LogP contribution >= 0.6 is 11.6 Å². The Labute approximate surface area is 166 Å². The molecule has 0 fully saturated rings. The number of rotatable bonds is 9. The Balaban J connectivity index is 2.37. The number of carboxylic acid groups (broad SMARTS) is 2. The second-order valence-corrected chi connectivity index (χ2v) is 6.02. The van der Waals surface area contributed by atoms with Crippen molar-refractivity contribution in [3.63, 3.8) is 0 Å². The molecule has 0 bridgehead atoms. The minimum absolute atomic E-state index is 0.00418. The third kappa shape index (κ3) is 5.34. The number of nitrogens with zero attached hydrogens (tertiary/aromatic N) is 1. The molecule has 2 N–H and O–H groups in total. The molecule has 0 radical (unpaired) electrons. The fraction of sp³-hybridized carbons (Fsp3) is 0.150. The number of ether oxygens (including phenoxy) is 2. The molecule has 0 saturated carbocycles. The second kappa shape index (κ2) is 9.57. The number of benzene rings is 2. The van der Waals surface area contributed by atoms with Crippen LogP contribution in [0.5, 0.6) is 11.5 Å². The molecule has 8 heteroatoms. The standard InChI is InChI=1S/C20H18ClNO6/c1-3-4-13-7-12(8-17(27-2)19(13)28-11-18(23)24)10-22-14-5-6-15(20(25)26)16(21)9-14/h3,5-10H,1,4,11H2,2H3,(H,23,24)(H,25,26). The maximum absolute atomic E-state index is 11.0. The summed E-state index contributed by atoms with van der Waals surface area (Å²) in [5, 5.41) is 17.9. The molecular formula is C20H18ClNO6. The predicted molar refractivity (Wildman–Crippen MR) is 106 cm³/mol. The van der Waals surface area contributed by atoms with Crippen LogP contribution in [0.15, 0.2) is 48.0 Å². The molecule has 146 valence electrons. The van der Waals surface area contributed by atoms with E-state index in [-0.39, 0.29) is 10.6 Å². The van der Waals surface area contributed by atoms with E-state index in [1.807, 2.05) is 0 Å². The smallest absolute Gasteiger partial charge is 0.341 e. The van der Waals surface area contributed by atoms with Gasteiger partial charge in [0.15, 0.2) is 18.1 Å². The van der Waals surface area contributed by atoms with E-state index >= 15 is 0 Å². The summed E-state index contributed by atoms with van der Waals surface area (Å²) in [5.74, 6) is -1.52. The molecule has 0 aliphatic heterocycles. The van der Waals surface area contributed by atoms with Gasteiger partial charge in [-0.25, -0.2) is 9.59 Å². The number of hydrogen-bond acceptors (Lipinski definition) is 5. The Hall–Kier alpha value is -3.32. The molecule has 0 aromatic heterocycles. The van der Waals surface area contributed by atoms with E-state index in [9.17, 15) is 9.59 Å². The Bertz CT molecular complexity index is 939. The first-order chi connectivity index (χ1) is 13.3. The van der Waals surface area contributed by atoms with E-state index in [2.05, 4.69) is 11.6 Å². The van der Waals surface area contributed by atoms with Crippen LogP contribution in [-0.4, -0.2) is 42.1 Å². The van der Waals surface area contributed by atoms with Gasteiger partial charge in [0.05, 0.1) is 23.4 Å². The second-order valence-electron chi connectivity index (χ2n) is 5.61. The topological polar surface area (TPSA) is 105 Å². The lowest BCUT2D eigenvalue weighted by molar-refractivity contribution is -0.139. The quantitative estimate of drug-likeness (QED) is 0.484. The first-order valence-electron chi connectivity index (χ1n) is 8.09. The number of halogens is 1. The van der Waals surface area contributed by atoms with Gasteiger partial charge < -0.3 is 19.7 Å². The van der Waals surface area contributed by atoms with Crippen molar-refractivity contribution in [1.82, 2.24) is 0 Å². The first kappa shape index (κ1) is 21.0. The van der Waals surface area contributed by atoms with Crippen molar-refractivity contribution in [2.24, 2.45) is 4.99 Å². The minimum atomic E-state index is -1.11. The van der Waals surface area contributed by atoms with Crippen molar-refractivity contribution in [1.29, 1.82) is 0 Å². The summed E-state index contributed by atoms with van der Waals surface area (Å²) in [4.78, 5) is 26.1. The predicted octanol–water partition coefficient (Wildman–Crippen LogP) is 3.99. The van der Waals surface area contributed by atoms with Gasteiger partial charge in [-0.1, -0.05) is 17.7 Å². The van der Waals surface area contributed by atoms with Crippen molar-refractivity contribution in [3.8, 4) is 11.5 Å². The zero-order valence-electron chi connectivity index (χ0n) is 15.0. The van der Waals surface area contributed by atoms with Crippen molar-refractivity contribution in [2.45, 2.75) is 6.42 Å². The summed E-state index contributed by atoms with van der Waals surface area (Å²) in [6, 6.07) is 7.80. The summed E-state index contributed by atoms with van der Waals surface area (Å²) in [6.07, 6.45) is 3.65. The number of aliphatic carboxylic acids is 1. The minimum Gasteiger partial charge on any atom is -0.493 e. The molecule has 2 aromatic rings. The number of aromatic carboxylic acids is 1. The summed E-state index contributed by atoms with van der Waals surface area (Å²) in [6.45, 7) is 3.20. The summed E-state index contributed by atoms with van der Waals surface area (Å²) >= 11 is 5.95. The number of allylic oxidation sites excluding steroid dienone is 1. The number of carbonyl (C=O) groups is 2. The van der Waals surface area contributed by atoms with Crippen LogP contribution in [0.25, 0.3) is 0 Å². The Kier molecular flexibility index (Phi) is 7.17. The number of aliphatic imine (C=N–C) groups is 1. The molecule has 28 heavy (non-hydrogen) atoms. The third-order valence-electron chi connectivity index (χ3n) is 3.62. The molecule has 7 nitrogen and oxygen atoms in total. The average molecular weight is 404 g/mol. The Morgan fingerprint density at radius 1 is 1.25 bits per heavy atom. The maximum atomic E-state index is 11.0. The molecule has 2 rings (SSSR count). The first-order valence-corrected chi connectivity index (χ1v) is 8.46. The zero-order valence-corrected chi connectivity index (χ0v) is 15.8. The van der Waals surface area contributed by atoms with Crippen LogP contribution in [0.1, 0.15) is 21.5 Å². The fourth-order valence-electron chi connectivity index (χ4n) is 2.42. The third-order valence-corrected chi connectivity index (χ3v) is 3.94. The molecular weight excluding hydrogens is 386 g/mol. The van der Waals surface area contributed by atoms with Gasteiger partial charge in [-0.05, 0) is 42.3 Å². The number of methoxy groups -OCH3 is 1. The highest BCUT2D eigenvalue weighted by Crippen LogP contribution is 2.33. The lowest BCUT2D eigenvalue weighted by atomic mass is 10.1. The molecule has 0 atom stereocenters. The Morgan fingerprint density at radius 2 is 2.00 bits per heavy atom. The lowest BCUT2D eigenvalue weighted by Crippen LogP contribution is -2.11. The van der Waals surface area contributed by atoms with Gasteiger partial charge in [0.25, 0.3) is 0 Å². The van der Waals surface area contributed by atoms with E-state index < -0.39 is 18.5 Å². The molecule has 0 amide bonds. The maximum Gasteiger partial charge on any atom is 0.341 e. The van der Waals surface area contributed by atoms with E-state index in [0.29, 0.717) is 34.7 Å². The molecule has 0 heterocycles. The van der Waals surface area contributed by atoms with Gasteiger partial charge in [0.2, 0.25) is 0 Å². The highest BCUT2D eigenvalue weighted by Gasteiger charge is 2.14. The molecule has 0 aliphatic carbocycles. The van der Waals surface area contributed by atoms with Crippen LogP contribution in [-0.2, 0) is 11.2 Å². The van der Waals surface area contributed by atoms with E-state index in [1.165, 1.54) is 25.3 Å². The van der Waals surface area contributed by atoms with Crippen LogP contribution < -0.4 is 9.47 Å². The summed E-state index contributed by atoms with van der Waals surface area (Å²) in [5.41, 5.74) is 1.84. The van der Waals surface area contributed by atoms with Gasteiger partial charge in [0.1, 0.15) is 0 Å². The normalized spacial score (nSPS) is 10.6. The molecule has 0 aliphatic rings. The van der Waals surface area contributed by atoms with Gasteiger partial charge in [-0.15, -0.1) is 6.58 Å². The highest BCUT2D eigenvalue weighted by molar-refractivity contribution is 6.33.